The third-order valence-corrected chi connectivity index (χ3v) is 5.56. The average molecular weight is 368 g/mol. The van der Waals surface area contributed by atoms with Crippen LogP contribution in [0.1, 0.15) is 55.6 Å². The van der Waals surface area contributed by atoms with Crippen molar-refractivity contribution in [1.82, 2.24) is 10.2 Å². The van der Waals surface area contributed by atoms with Gasteiger partial charge in [-0.3, -0.25) is 9.69 Å². The number of aliphatic carboxylic acids is 1. The molecule has 0 spiro atoms. The fraction of sp³-hybridized carbons (Fsp3) is 0.579. The quantitative estimate of drug-likeness (QED) is 0.594. The number of halogens is 1. The minimum Gasteiger partial charge on any atom is -0.548 e. The molecule has 1 saturated heterocycles. The van der Waals surface area contributed by atoms with E-state index in [1.54, 1.807) is 17.0 Å². The van der Waals surface area contributed by atoms with Gasteiger partial charge >= 0.3 is 29.6 Å². The Labute approximate surface area is 174 Å². The van der Waals surface area contributed by atoms with Gasteiger partial charge in [0.25, 0.3) is 0 Å². The second-order valence-electron chi connectivity index (χ2n) is 7.45. The van der Waals surface area contributed by atoms with Gasteiger partial charge in [0.1, 0.15) is 5.82 Å². The maximum absolute atomic E-state index is 14.2. The predicted molar refractivity (Wildman–Crippen MR) is 86.9 cm³/mol. The first-order chi connectivity index (χ1) is 12.0. The Morgan fingerprint density at radius 3 is 2.38 bits per heavy atom. The van der Waals surface area contributed by atoms with Crippen LogP contribution in [-0.4, -0.2) is 34.9 Å². The summed E-state index contributed by atoms with van der Waals surface area (Å²) in [4.78, 5) is 25.6. The number of nitrogens with zero attached hydrogens (tertiary/aromatic N) is 1. The maximum atomic E-state index is 14.2. The van der Waals surface area contributed by atoms with Crippen LogP contribution in [0.3, 0.4) is 0 Å². The van der Waals surface area contributed by atoms with E-state index >= 15 is 0 Å². The van der Waals surface area contributed by atoms with Gasteiger partial charge in [-0.2, -0.15) is 0 Å². The molecule has 26 heavy (non-hydrogen) atoms. The summed E-state index contributed by atoms with van der Waals surface area (Å²) >= 11 is 0. The summed E-state index contributed by atoms with van der Waals surface area (Å²) in [6.07, 6.45) is 5.02. The summed E-state index contributed by atoms with van der Waals surface area (Å²) in [6.45, 7) is 0.126. The molecule has 2 atom stereocenters. The van der Waals surface area contributed by atoms with Crippen LogP contribution in [0.5, 0.6) is 0 Å². The summed E-state index contributed by atoms with van der Waals surface area (Å²) in [7, 11) is 0. The molecule has 5 nitrogen and oxygen atoms in total. The molecular formula is C19H22FN2NaO3. The van der Waals surface area contributed by atoms with Crippen LogP contribution >= 0.6 is 0 Å². The molecule has 0 radical (unpaired) electrons. The van der Waals surface area contributed by atoms with Gasteiger partial charge in [0.05, 0.1) is 18.1 Å². The van der Waals surface area contributed by atoms with Crippen LogP contribution in [-0.2, 0) is 16.1 Å². The molecule has 2 aliphatic carbocycles. The summed E-state index contributed by atoms with van der Waals surface area (Å²) in [5.74, 6) is -1.13. The van der Waals surface area contributed by atoms with Crippen LogP contribution in [0.2, 0.25) is 0 Å². The van der Waals surface area contributed by atoms with Gasteiger partial charge in [-0.25, -0.2) is 4.39 Å². The van der Waals surface area contributed by atoms with Gasteiger partial charge in [-0.15, -0.1) is 0 Å². The smallest absolute Gasteiger partial charge is 0.548 e. The van der Waals surface area contributed by atoms with Crippen molar-refractivity contribution < 1.29 is 48.6 Å². The molecule has 1 heterocycles. The third-order valence-electron chi connectivity index (χ3n) is 5.56. The van der Waals surface area contributed by atoms with Crippen molar-refractivity contribution in [2.75, 3.05) is 0 Å². The monoisotopic (exact) mass is 368 g/mol. The first-order valence-corrected chi connectivity index (χ1v) is 9.09. The number of hydrogen-bond acceptors (Lipinski definition) is 4. The van der Waals surface area contributed by atoms with E-state index in [1.807, 2.05) is 6.07 Å². The summed E-state index contributed by atoms with van der Waals surface area (Å²) in [6, 6.07) is 4.26. The number of nitrogens with one attached hydrogen (secondary N) is 1. The fourth-order valence-electron chi connectivity index (χ4n) is 3.90. The van der Waals surface area contributed by atoms with Crippen molar-refractivity contribution in [1.29, 1.82) is 0 Å². The summed E-state index contributed by atoms with van der Waals surface area (Å²) < 4.78 is 14.2. The number of benzene rings is 1. The SMILES string of the molecule is O=C([O-])C1CCC(C(=O)NCc2ccc(C3CC3)cc2F)N1C1CC1.[Na+]. The van der Waals surface area contributed by atoms with E-state index in [4.69, 9.17) is 0 Å². The van der Waals surface area contributed by atoms with Gasteiger partial charge < -0.3 is 15.2 Å². The van der Waals surface area contributed by atoms with Crippen LogP contribution < -0.4 is 40.0 Å². The molecule has 1 aliphatic heterocycles. The van der Waals surface area contributed by atoms with Gasteiger partial charge in [0, 0.05) is 18.2 Å². The summed E-state index contributed by atoms with van der Waals surface area (Å²) in [5, 5.41) is 14.1. The molecule has 0 bridgehead atoms. The number of rotatable bonds is 6. The Kier molecular flexibility index (Phi) is 6.07. The van der Waals surface area contributed by atoms with Crippen LogP contribution in [0.25, 0.3) is 0 Å². The minimum atomic E-state index is -1.11. The molecule has 1 N–H and O–H groups in total. The largest absolute Gasteiger partial charge is 1.00 e. The average Bonchev–Trinajstić information content (AvgIpc) is 3.50. The van der Waals surface area contributed by atoms with E-state index in [0.29, 0.717) is 24.3 Å². The first-order valence-electron chi connectivity index (χ1n) is 9.09. The molecule has 7 heteroatoms. The number of hydrogen-bond donors (Lipinski definition) is 1. The Hall–Kier alpha value is -0.950. The van der Waals surface area contributed by atoms with Crippen molar-refractivity contribution in [2.45, 2.75) is 69.1 Å². The molecule has 1 amide bonds. The van der Waals surface area contributed by atoms with E-state index in [-0.39, 0.29) is 53.9 Å². The second kappa shape index (κ2) is 7.97. The molecule has 0 aromatic heterocycles. The molecule has 2 saturated carbocycles. The van der Waals surface area contributed by atoms with Crippen LogP contribution in [0.4, 0.5) is 4.39 Å². The zero-order valence-corrected chi connectivity index (χ0v) is 17.0. The van der Waals surface area contributed by atoms with E-state index in [1.165, 1.54) is 0 Å². The molecule has 3 fully saturated rings. The zero-order valence-electron chi connectivity index (χ0n) is 15.0. The molecule has 3 aliphatic rings. The van der Waals surface area contributed by atoms with Crippen molar-refractivity contribution in [3.63, 3.8) is 0 Å². The van der Waals surface area contributed by atoms with Crippen molar-refractivity contribution in [3.8, 4) is 0 Å². The number of carbonyl (C=O) groups is 2. The van der Waals surface area contributed by atoms with E-state index in [0.717, 1.165) is 31.2 Å². The van der Waals surface area contributed by atoms with Crippen LogP contribution in [0, 0.1) is 5.82 Å². The maximum Gasteiger partial charge on any atom is 1.00 e. The number of likely N-dealkylation sites (tertiary alicyclic amines) is 1. The standard InChI is InChI=1S/C19H23FN2O3.Na/c20-15-9-12(11-1-2-11)3-4-13(15)10-21-18(23)16-7-8-17(19(24)25)22(16)14-5-6-14;/h3-4,9,11,14,16-17H,1-2,5-8,10H2,(H,21,23)(H,24,25);/q;+1/p-1. The fourth-order valence-corrected chi connectivity index (χ4v) is 3.90. The van der Waals surface area contributed by atoms with Crippen molar-refractivity contribution >= 4 is 11.9 Å². The Morgan fingerprint density at radius 2 is 1.81 bits per heavy atom. The van der Waals surface area contributed by atoms with Gasteiger partial charge in [-0.05, 0) is 56.1 Å². The predicted octanol–water partition coefficient (Wildman–Crippen LogP) is -1.93. The topological polar surface area (TPSA) is 72.5 Å². The Bertz CT molecular complexity index is 706. The molecule has 4 rings (SSSR count). The number of carboxylic acid groups (broad SMARTS) is 1. The molecule has 134 valence electrons. The number of amides is 1. The van der Waals surface area contributed by atoms with Gasteiger partial charge in [0.2, 0.25) is 5.91 Å². The zero-order chi connectivity index (χ0) is 17.6. The number of carbonyl (C=O) groups excluding carboxylic acids is 2. The first kappa shape index (κ1) is 19.8. The molecule has 1 aromatic rings. The minimum absolute atomic E-state index is 0. The van der Waals surface area contributed by atoms with Gasteiger partial charge in [-0.1, -0.05) is 12.1 Å². The van der Waals surface area contributed by atoms with Crippen molar-refractivity contribution in [2.24, 2.45) is 0 Å². The van der Waals surface area contributed by atoms with E-state index in [9.17, 15) is 19.1 Å². The van der Waals surface area contributed by atoms with E-state index < -0.39 is 18.1 Å². The summed E-state index contributed by atoms with van der Waals surface area (Å²) in [5.41, 5.74) is 1.49. The molecular weight excluding hydrogens is 346 g/mol. The molecule has 2 unspecified atom stereocenters. The Balaban J connectivity index is 0.00000196. The normalized spacial score (nSPS) is 25.6. The van der Waals surface area contributed by atoms with Gasteiger partial charge in [0.15, 0.2) is 0 Å². The second-order valence-corrected chi connectivity index (χ2v) is 7.45. The van der Waals surface area contributed by atoms with E-state index in [2.05, 4.69) is 5.32 Å². The third kappa shape index (κ3) is 4.14. The molecule has 1 aromatic carbocycles. The van der Waals surface area contributed by atoms with Crippen LogP contribution in [0.15, 0.2) is 18.2 Å². The number of carboxylic acids is 1. The Morgan fingerprint density at radius 1 is 1.12 bits per heavy atom. The van der Waals surface area contributed by atoms with Crippen molar-refractivity contribution in [3.05, 3.63) is 35.1 Å².